The first-order valence-electron chi connectivity index (χ1n) is 7.88. The molecule has 0 unspecified atom stereocenters. The van der Waals surface area contributed by atoms with Crippen LogP contribution < -0.4 is 0 Å². The minimum Gasteiger partial charge on any atom is -0.325 e. The van der Waals surface area contributed by atoms with E-state index in [4.69, 9.17) is 4.84 Å². The molecule has 0 spiro atoms. The van der Waals surface area contributed by atoms with Crippen molar-refractivity contribution >= 4 is 29.5 Å². The Labute approximate surface area is 149 Å². The van der Waals surface area contributed by atoms with Crippen molar-refractivity contribution in [3.8, 4) is 0 Å². The molecule has 1 aliphatic heterocycles. The lowest BCUT2D eigenvalue weighted by atomic mass is 10.1. The van der Waals surface area contributed by atoms with Crippen LogP contribution in [0, 0.1) is 0 Å². The lowest BCUT2D eigenvalue weighted by Gasteiger charge is -2.14. The zero-order valence-corrected chi connectivity index (χ0v) is 14.4. The molecule has 0 atom stereocenters. The van der Waals surface area contributed by atoms with Crippen LogP contribution in [0.1, 0.15) is 35.7 Å². The molecule has 1 saturated heterocycles. The maximum absolute atomic E-state index is 12.5. The van der Waals surface area contributed by atoms with Crippen molar-refractivity contribution in [2.75, 3.05) is 0 Å². The van der Waals surface area contributed by atoms with Gasteiger partial charge >= 0.3 is 5.97 Å². The molecule has 1 aromatic carbocycles. The SMILES string of the molecule is CCc1ccc(Sc2ccccn2)cc1C(=O)ON1C(=O)CCC1=O. The van der Waals surface area contributed by atoms with Crippen LogP contribution >= 0.6 is 11.8 Å². The van der Waals surface area contributed by atoms with Gasteiger partial charge in [-0.15, -0.1) is 5.06 Å². The number of rotatable bonds is 5. The second-order valence-corrected chi connectivity index (χ2v) is 6.50. The average Bonchev–Trinajstić information content (AvgIpc) is 2.94. The first-order valence-corrected chi connectivity index (χ1v) is 8.70. The summed E-state index contributed by atoms with van der Waals surface area (Å²) in [5, 5.41) is 1.37. The monoisotopic (exact) mass is 356 g/mol. The Hall–Kier alpha value is -2.67. The highest BCUT2D eigenvalue weighted by Gasteiger charge is 2.33. The molecule has 2 heterocycles. The predicted molar refractivity (Wildman–Crippen MR) is 90.7 cm³/mol. The van der Waals surface area contributed by atoms with Gasteiger partial charge < -0.3 is 4.84 Å². The summed E-state index contributed by atoms with van der Waals surface area (Å²) in [6.07, 6.45) is 2.47. The number of aryl methyl sites for hydroxylation is 1. The number of imide groups is 1. The van der Waals surface area contributed by atoms with E-state index in [0.29, 0.717) is 17.0 Å². The smallest absolute Gasteiger partial charge is 0.325 e. The Morgan fingerprint density at radius 3 is 2.60 bits per heavy atom. The Kier molecular flexibility index (Phi) is 5.14. The number of hydrogen-bond acceptors (Lipinski definition) is 6. The summed E-state index contributed by atoms with van der Waals surface area (Å²) in [5.41, 5.74) is 1.13. The molecular weight excluding hydrogens is 340 g/mol. The number of nitrogens with zero attached hydrogens (tertiary/aromatic N) is 2. The van der Waals surface area contributed by atoms with Gasteiger partial charge in [0.25, 0.3) is 11.8 Å². The molecule has 3 rings (SSSR count). The van der Waals surface area contributed by atoms with E-state index in [1.165, 1.54) is 11.8 Å². The van der Waals surface area contributed by atoms with Crippen LogP contribution in [0.3, 0.4) is 0 Å². The van der Waals surface area contributed by atoms with Gasteiger partial charge in [0.05, 0.1) is 5.56 Å². The first-order chi connectivity index (χ1) is 12.1. The maximum atomic E-state index is 12.5. The number of benzene rings is 1. The van der Waals surface area contributed by atoms with E-state index in [2.05, 4.69) is 4.98 Å². The average molecular weight is 356 g/mol. The standard InChI is InChI=1S/C18H16N2O4S/c1-2-12-6-7-13(25-15-5-3-4-10-19-15)11-14(12)18(23)24-20-16(21)8-9-17(20)22/h3-7,10-11H,2,8-9H2,1H3. The topological polar surface area (TPSA) is 76.6 Å². The first kappa shape index (κ1) is 17.2. The molecule has 0 aliphatic carbocycles. The molecule has 2 amide bonds. The number of hydroxylamine groups is 2. The van der Waals surface area contributed by atoms with Crippen molar-refractivity contribution in [2.45, 2.75) is 36.1 Å². The van der Waals surface area contributed by atoms with Crippen molar-refractivity contribution < 1.29 is 19.2 Å². The second-order valence-electron chi connectivity index (χ2n) is 5.40. The summed E-state index contributed by atoms with van der Waals surface area (Å²) in [6, 6.07) is 11.0. The van der Waals surface area contributed by atoms with E-state index in [1.54, 1.807) is 12.3 Å². The van der Waals surface area contributed by atoms with Gasteiger partial charge in [0.15, 0.2) is 0 Å². The van der Waals surface area contributed by atoms with E-state index >= 15 is 0 Å². The summed E-state index contributed by atoms with van der Waals surface area (Å²) < 4.78 is 0. The van der Waals surface area contributed by atoms with E-state index in [0.717, 1.165) is 15.5 Å². The van der Waals surface area contributed by atoms with Gasteiger partial charge in [-0.2, -0.15) is 0 Å². The molecule has 0 N–H and O–H groups in total. The molecule has 25 heavy (non-hydrogen) atoms. The van der Waals surface area contributed by atoms with Crippen molar-refractivity contribution in [1.82, 2.24) is 10.0 Å². The molecule has 1 fully saturated rings. The third kappa shape index (κ3) is 3.88. The zero-order chi connectivity index (χ0) is 17.8. The van der Waals surface area contributed by atoms with Crippen molar-refractivity contribution in [2.24, 2.45) is 0 Å². The highest BCUT2D eigenvalue weighted by atomic mass is 32.2. The van der Waals surface area contributed by atoms with Crippen molar-refractivity contribution in [3.63, 3.8) is 0 Å². The predicted octanol–water partition coefficient (Wildman–Crippen LogP) is 3.02. The largest absolute Gasteiger partial charge is 0.364 e. The molecule has 0 bridgehead atoms. The fraction of sp³-hybridized carbons (Fsp3) is 0.222. The van der Waals surface area contributed by atoms with Crippen LogP contribution in [0.25, 0.3) is 0 Å². The number of carbonyl (C=O) groups excluding carboxylic acids is 3. The second kappa shape index (κ2) is 7.48. The summed E-state index contributed by atoms with van der Waals surface area (Å²) >= 11 is 1.42. The lowest BCUT2D eigenvalue weighted by molar-refractivity contribution is -0.172. The Morgan fingerprint density at radius 2 is 1.96 bits per heavy atom. The lowest BCUT2D eigenvalue weighted by Crippen LogP contribution is -2.32. The van der Waals surface area contributed by atoms with Crippen LogP contribution in [0.5, 0.6) is 0 Å². The van der Waals surface area contributed by atoms with Crippen molar-refractivity contribution in [1.29, 1.82) is 0 Å². The zero-order valence-electron chi connectivity index (χ0n) is 13.6. The summed E-state index contributed by atoms with van der Waals surface area (Å²) in [5.74, 6) is -1.69. The van der Waals surface area contributed by atoms with E-state index in [1.807, 2.05) is 37.3 Å². The Bertz CT molecular complexity index is 807. The van der Waals surface area contributed by atoms with Crippen LogP contribution in [0.2, 0.25) is 0 Å². The molecular formula is C18H16N2O4S. The minimum atomic E-state index is -0.705. The van der Waals surface area contributed by atoms with Crippen LogP contribution in [-0.2, 0) is 20.8 Å². The highest BCUT2D eigenvalue weighted by molar-refractivity contribution is 7.99. The van der Waals surface area contributed by atoms with Gasteiger partial charge in [0.1, 0.15) is 5.03 Å². The normalized spacial score (nSPS) is 14.0. The maximum Gasteiger partial charge on any atom is 0.364 e. The van der Waals surface area contributed by atoms with Crippen LogP contribution in [-0.4, -0.2) is 27.8 Å². The van der Waals surface area contributed by atoms with Crippen LogP contribution in [0.4, 0.5) is 0 Å². The number of amides is 2. The number of hydrogen-bond donors (Lipinski definition) is 0. The molecule has 6 nitrogen and oxygen atoms in total. The minimum absolute atomic E-state index is 0.0717. The molecule has 128 valence electrons. The Morgan fingerprint density at radius 1 is 1.20 bits per heavy atom. The summed E-state index contributed by atoms with van der Waals surface area (Å²) in [7, 11) is 0. The third-order valence-corrected chi connectivity index (χ3v) is 4.66. The number of pyridine rings is 1. The number of carbonyl (C=O) groups is 3. The molecule has 2 aromatic rings. The van der Waals surface area contributed by atoms with E-state index < -0.39 is 17.8 Å². The summed E-state index contributed by atoms with van der Waals surface area (Å²) in [4.78, 5) is 45.8. The van der Waals surface area contributed by atoms with E-state index in [-0.39, 0.29) is 12.8 Å². The third-order valence-electron chi connectivity index (χ3n) is 3.72. The summed E-state index contributed by atoms with van der Waals surface area (Å²) in [6.45, 7) is 1.92. The highest BCUT2D eigenvalue weighted by Crippen LogP contribution is 2.28. The van der Waals surface area contributed by atoms with Gasteiger partial charge in [-0.05, 0) is 36.2 Å². The molecule has 7 heteroatoms. The van der Waals surface area contributed by atoms with Crippen molar-refractivity contribution in [3.05, 3.63) is 53.7 Å². The van der Waals surface area contributed by atoms with E-state index in [9.17, 15) is 14.4 Å². The fourth-order valence-electron chi connectivity index (χ4n) is 2.44. The van der Waals surface area contributed by atoms with Gasteiger partial charge in [-0.3, -0.25) is 9.59 Å². The quantitative estimate of drug-likeness (QED) is 0.767. The molecule has 0 saturated carbocycles. The molecule has 0 radical (unpaired) electrons. The number of aromatic nitrogens is 1. The van der Waals surface area contributed by atoms with Gasteiger partial charge in [0.2, 0.25) is 0 Å². The molecule has 1 aliphatic rings. The molecule has 1 aromatic heterocycles. The van der Waals surface area contributed by atoms with Gasteiger partial charge in [-0.25, -0.2) is 9.78 Å². The van der Waals surface area contributed by atoms with Crippen LogP contribution in [0.15, 0.2) is 52.5 Å². The Balaban J connectivity index is 1.83. The van der Waals surface area contributed by atoms with Gasteiger partial charge in [-0.1, -0.05) is 30.8 Å². The van der Waals surface area contributed by atoms with Gasteiger partial charge in [0, 0.05) is 23.9 Å². The fourth-order valence-corrected chi connectivity index (χ4v) is 3.25.